The number of hydrogen-bond donors (Lipinski definition) is 0. The van der Waals surface area contributed by atoms with E-state index >= 15 is 0 Å². The lowest BCUT2D eigenvalue weighted by Gasteiger charge is -2.06. The zero-order valence-electron chi connectivity index (χ0n) is 11.8. The van der Waals surface area contributed by atoms with Gasteiger partial charge in [-0.25, -0.2) is 9.37 Å². The van der Waals surface area contributed by atoms with Crippen LogP contribution < -0.4 is 4.74 Å². The molecule has 3 aromatic rings. The normalized spacial score (nSPS) is 10.4. The van der Waals surface area contributed by atoms with E-state index in [0.717, 1.165) is 10.8 Å². The van der Waals surface area contributed by atoms with Crippen molar-refractivity contribution >= 4 is 11.8 Å². The summed E-state index contributed by atoms with van der Waals surface area (Å²) in [4.78, 5) is 4.45. The number of benzene rings is 2. The summed E-state index contributed by atoms with van der Waals surface area (Å²) in [7, 11) is 0. The monoisotopic (exact) mass is 311 g/mol. The van der Waals surface area contributed by atoms with Gasteiger partial charge >= 0.3 is 0 Å². The lowest BCUT2D eigenvalue weighted by Crippen LogP contribution is -1.89. The molecule has 1 heterocycles. The Hall–Kier alpha value is -2.33. The Morgan fingerprint density at radius 2 is 1.64 bits per heavy atom. The predicted octanol–water partition coefficient (Wildman–Crippen LogP) is 5.31. The third-order valence-corrected chi connectivity index (χ3v) is 3.96. The molecule has 0 bridgehead atoms. The molecule has 0 saturated carbocycles. The number of aromatic nitrogens is 1. The van der Waals surface area contributed by atoms with Crippen molar-refractivity contribution in [1.82, 2.24) is 4.98 Å². The second kappa shape index (κ2) is 7.09. The standard InChI is InChI=1S/C18H14FNOS/c19-15-9-11-16(12-10-15)21-17-7-4-8-18(20-17)22-13-14-5-2-1-3-6-14/h1-12H,13H2. The zero-order valence-corrected chi connectivity index (χ0v) is 12.6. The van der Waals surface area contributed by atoms with Crippen molar-refractivity contribution in [2.45, 2.75) is 10.8 Å². The van der Waals surface area contributed by atoms with Crippen LogP contribution in [0.2, 0.25) is 0 Å². The van der Waals surface area contributed by atoms with Crippen LogP contribution >= 0.6 is 11.8 Å². The Labute approximate surface area is 133 Å². The van der Waals surface area contributed by atoms with Crippen LogP contribution in [0, 0.1) is 5.82 Å². The molecule has 0 unspecified atom stereocenters. The van der Waals surface area contributed by atoms with E-state index in [-0.39, 0.29) is 5.82 Å². The minimum absolute atomic E-state index is 0.285. The minimum Gasteiger partial charge on any atom is -0.439 e. The number of nitrogens with zero attached hydrogens (tertiary/aromatic N) is 1. The SMILES string of the molecule is Fc1ccc(Oc2cccc(SCc3ccccc3)n2)cc1. The second-order valence-corrected chi connectivity index (χ2v) is 5.64. The molecule has 110 valence electrons. The van der Waals surface area contributed by atoms with Crippen molar-refractivity contribution in [3.8, 4) is 11.6 Å². The Balaban J connectivity index is 1.66. The molecular formula is C18H14FNOS. The molecule has 0 saturated heterocycles. The van der Waals surface area contributed by atoms with E-state index < -0.39 is 0 Å². The molecule has 2 nitrogen and oxygen atoms in total. The molecule has 0 radical (unpaired) electrons. The molecule has 2 aromatic carbocycles. The minimum atomic E-state index is -0.285. The van der Waals surface area contributed by atoms with E-state index in [1.807, 2.05) is 30.3 Å². The average Bonchev–Trinajstić information content (AvgIpc) is 2.57. The van der Waals surface area contributed by atoms with Gasteiger partial charge in [-0.05, 0) is 35.9 Å². The van der Waals surface area contributed by atoms with E-state index in [4.69, 9.17) is 4.74 Å². The summed E-state index contributed by atoms with van der Waals surface area (Å²) in [6.45, 7) is 0. The van der Waals surface area contributed by atoms with Crippen LogP contribution in [-0.4, -0.2) is 4.98 Å². The van der Waals surface area contributed by atoms with Crippen LogP contribution in [0.4, 0.5) is 4.39 Å². The van der Waals surface area contributed by atoms with Gasteiger partial charge in [0.15, 0.2) is 0 Å². The Kier molecular flexibility index (Phi) is 4.71. The molecule has 0 fully saturated rings. The first-order chi connectivity index (χ1) is 10.8. The van der Waals surface area contributed by atoms with E-state index in [9.17, 15) is 4.39 Å². The fourth-order valence-electron chi connectivity index (χ4n) is 1.89. The van der Waals surface area contributed by atoms with Crippen molar-refractivity contribution in [2.75, 3.05) is 0 Å². The highest BCUT2D eigenvalue weighted by Crippen LogP contribution is 2.25. The molecule has 0 spiro atoms. The number of rotatable bonds is 5. The predicted molar refractivity (Wildman–Crippen MR) is 86.7 cm³/mol. The van der Waals surface area contributed by atoms with Crippen LogP contribution in [0.3, 0.4) is 0 Å². The number of hydrogen-bond acceptors (Lipinski definition) is 3. The zero-order chi connectivity index (χ0) is 15.2. The number of thioether (sulfide) groups is 1. The van der Waals surface area contributed by atoms with Crippen molar-refractivity contribution < 1.29 is 9.13 Å². The van der Waals surface area contributed by atoms with Crippen LogP contribution in [-0.2, 0) is 5.75 Å². The van der Waals surface area contributed by atoms with E-state index in [2.05, 4.69) is 17.1 Å². The molecule has 0 amide bonds. The molecule has 0 aliphatic carbocycles. The van der Waals surface area contributed by atoms with Crippen molar-refractivity contribution in [1.29, 1.82) is 0 Å². The van der Waals surface area contributed by atoms with E-state index in [1.165, 1.54) is 17.7 Å². The third kappa shape index (κ3) is 4.09. The maximum absolute atomic E-state index is 12.9. The Bertz CT molecular complexity index is 732. The quantitative estimate of drug-likeness (QED) is 0.596. The molecule has 0 aliphatic rings. The summed E-state index contributed by atoms with van der Waals surface area (Å²) >= 11 is 1.65. The molecule has 22 heavy (non-hydrogen) atoms. The fraction of sp³-hybridized carbons (Fsp3) is 0.0556. The summed E-state index contributed by atoms with van der Waals surface area (Å²) in [5.74, 6) is 1.64. The molecular weight excluding hydrogens is 297 g/mol. The van der Waals surface area contributed by atoms with Crippen molar-refractivity contribution in [3.05, 3.63) is 84.2 Å². The Morgan fingerprint density at radius 3 is 2.41 bits per heavy atom. The smallest absolute Gasteiger partial charge is 0.220 e. The number of pyridine rings is 1. The van der Waals surface area contributed by atoms with Crippen LogP contribution in [0.1, 0.15) is 5.56 Å². The van der Waals surface area contributed by atoms with E-state index in [0.29, 0.717) is 11.6 Å². The highest BCUT2D eigenvalue weighted by Gasteiger charge is 2.02. The molecule has 4 heteroatoms. The van der Waals surface area contributed by atoms with Gasteiger partial charge in [0, 0.05) is 11.8 Å². The largest absolute Gasteiger partial charge is 0.439 e. The average molecular weight is 311 g/mol. The molecule has 3 rings (SSSR count). The van der Waals surface area contributed by atoms with Crippen molar-refractivity contribution in [3.63, 3.8) is 0 Å². The summed E-state index contributed by atoms with van der Waals surface area (Å²) < 4.78 is 18.5. The maximum atomic E-state index is 12.9. The molecule has 0 N–H and O–H groups in total. The lowest BCUT2D eigenvalue weighted by atomic mass is 10.2. The van der Waals surface area contributed by atoms with Gasteiger partial charge in [0.25, 0.3) is 0 Å². The summed E-state index contributed by atoms with van der Waals surface area (Å²) in [5, 5.41) is 0.892. The van der Waals surface area contributed by atoms with Gasteiger partial charge in [0.2, 0.25) is 5.88 Å². The molecule has 0 aliphatic heterocycles. The van der Waals surface area contributed by atoms with Crippen LogP contribution in [0.5, 0.6) is 11.6 Å². The Morgan fingerprint density at radius 1 is 0.864 bits per heavy atom. The highest BCUT2D eigenvalue weighted by atomic mass is 32.2. The second-order valence-electron chi connectivity index (χ2n) is 4.64. The third-order valence-electron chi connectivity index (χ3n) is 2.96. The number of ether oxygens (including phenoxy) is 1. The van der Waals surface area contributed by atoms with Gasteiger partial charge in [-0.15, -0.1) is 11.8 Å². The first-order valence-corrected chi connectivity index (χ1v) is 7.85. The summed E-state index contributed by atoms with van der Waals surface area (Å²) in [6, 6.07) is 21.8. The first kappa shape index (κ1) is 14.6. The van der Waals surface area contributed by atoms with Gasteiger partial charge in [-0.2, -0.15) is 0 Å². The molecule has 1 aromatic heterocycles. The lowest BCUT2D eigenvalue weighted by molar-refractivity contribution is 0.457. The fourth-order valence-corrected chi connectivity index (χ4v) is 2.72. The van der Waals surface area contributed by atoms with Crippen LogP contribution in [0.25, 0.3) is 0 Å². The highest BCUT2D eigenvalue weighted by molar-refractivity contribution is 7.98. The van der Waals surface area contributed by atoms with Crippen molar-refractivity contribution in [2.24, 2.45) is 0 Å². The van der Waals surface area contributed by atoms with Gasteiger partial charge in [0.1, 0.15) is 16.6 Å². The van der Waals surface area contributed by atoms with Gasteiger partial charge in [-0.1, -0.05) is 36.4 Å². The topological polar surface area (TPSA) is 22.1 Å². The molecule has 0 atom stereocenters. The maximum Gasteiger partial charge on any atom is 0.220 e. The van der Waals surface area contributed by atoms with Crippen LogP contribution in [0.15, 0.2) is 77.8 Å². The van der Waals surface area contributed by atoms with Gasteiger partial charge in [0.05, 0.1) is 0 Å². The van der Waals surface area contributed by atoms with E-state index in [1.54, 1.807) is 30.0 Å². The number of halogens is 1. The van der Waals surface area contributed by atoms with Gasteiger partial charge < -0.3 is 4.74 Å². The summed E-state index contributed by atoms with van der Waals surface area (Å²) in [6.07, 6.45) is 0. The van der Waals surface area contributed by atoms with Gasteiger partial charge in [-0.3, -0.25) is 0 Å². The first-order valence-electron chi connectivity index (χ1n) is 6.87. The summed E-state index contributed by atoms with van der Waals surface area (Å²) in [5.41, 5.74) is 1.25.